The highest BCUT2D eigenvalue weighted by Crippen LogP contribution is 2.28. The summed E-state index contributed by atoms with van der Waals surface area (Å²) in [6.07, 6.45) is 3.80. The van der Waals surface area contributed by atoms with Crippen molar-refractivity contribution >= 4 is 29.1 Å². The molecule has 0 aliphatic heterocycles. The van der Waals surface area contributed by atoms with Gasteiger partial charge in [-0.25, -0.2) is 15.0 Å². The van der Waals surface area contributed by atoms with Gasteiger partial charge in [0.2, 0.25) is 0 Å². The Balaban J connectivity index is 2.28. The third-order valence-electron chi connectivity index (χ3n) is 1.96. The number of hydrogen-bond acceptors (Lipinski definition) is 8. The summed E-state index contributed by atoms with van der Waals surface area (Å²) in [4.78, 5) is 12.5. The van der Waals surface area contributed by atoms with Crippen molar-refractivity contribution in [3.8, 4) is 0 Å². The number of nitrogens with zero attached hydrogens (tertiary/aromatic N) is 5. The third kappa shape index (κ3) is 2.74. The van der Waals surface area contributed by atoms with Crippen LogP contribution in [0.3, 0.4) is 0 Å². The lowest BCUT2D eigenvalue weighted by molar-refractivity contribution is 0.318. The number of hydrogen-bond donors (Lipinski definition) is 2. The van der Waals surface area contributed by atoms with E-state index in [2.05, 4.69) is 24.5 Å². The van der Waals surface area contributed by atoms with Crippen LogP contribution in [0, 0.1) is 0 Å². The molecular formula is C9H10N6OS2. The molecule has 0 saturated carbocycles. The summed E-state index contributed by atoms with van der Waals surface area (Å²) in [6.45, 7) is 1.99. The fourth-order valence-electron chi connectivity index (χ4n) is 1.13. The van der Waals surface area contributed by atoms with Crippen LogP contribution in [0.5, 0.6) is 0 Å². The van der Waals surface area contributed by atoms with E-state index in [9.17, 15) is 0 Å². The second kappa shape index (κ2) is 5.74. The molecule has 2 heterocycles. The first-order valence-corrected chi connectivity index (χ1v) is 6.63. The topological polar surface area (TPSA) is 110 Å². The monoisotopic (exact) mass is 282 g/mol. The van der Waals surface area contributed by atoms with Gasteiger partial charge in [-0.1, -0.05) is 12.1 Å². The van der Waals surface area contributed by atoms with Gasteiger partial charge in [-0.2, -0.15) is 4.37 Å². The maximum atomic E-state index is 8.68. The van der Waals surface area contributed by atoms with E-state index in [0.29, 0.717) is 10.7 Å². The van der Waals surface area contributed by atoms with Crippen molar-refractivity contribution in [1.29, 1.82) is 0 Å². The number of rotatable bonds is 4. The van der Waals surface area contributed by atoms with Crippen LogP contribution < -0.4 is 5.73 Å². The van der Waals surface area contributed by atoms with Crippen LogP contribution >= 0.6 is 23.3 Å². The molecule has 0 bridgehead atoms. The van der Waals surface area contributed by atoms with Gasteiger partial charge in [0.05, 0.1) is 0 Å². The van der Waals surface area contributed by atoms with Crippen LogP contribution in [0.25, 0.3) is 0 Å². The minimum atomic E-state index is -0.0779. The Kier molecular flexibility index (Phi) is 4.05. The summed E-state index contributed by atoms with van der Waals surface area (Å²) >= 11 is 2.58. The minimum absolute atomic E-state index is 0.0779. The normalized spacial score (nSPS) is 11.7. The van der Waals surface area contributed by atoms with Crippen LogP contribution in [0.4, 0.5) is 0 Å². The van der Waals surface area contributed by atoms with Crippen LogP contribution in [0.15, 0.2) is 26.9 Å². The molecule has 0 amide bonds. The predicted octanol–water partition coefficient (Wildman–Crippen LogP) is 1.14. The largest absolute Gasteiger partial charge is 0.409 e. The molecule has 0 fully saturated rings. The SMILES string of the molecule is CCc1nsc(Sc2nccnc2C(N)=NO)n1. The summed E-state index contributed by atoms with van der Waals surface area (Å²) in [7, 11) is 0. The molecule has 2 rings (SSSR count). The zero-order valence-electron chi connectivity index (χ0n) is 9.44. The second-order valence-corrected chi connectivity index (χ2v) is 5.12. The summed E-state index contributed by atoms with van der Waals surface area (Å²) in [5, 5.41) is 12.1. The van der Waals surface area contributed by atoms with Crippen LogP contribution in [-0.4, -0.2) is 30.4 Å². The first-order valence-electron chi connectivity index (χ1n) is 5.04. The molecule has 0 saturated heterocycles. The van der Waals surface area contributed by atoms with E-state index in [1.807, 2.05) is 6.92 Å². The molecule has 94 valence electrons. The average molecular weight is 282 g/mol. The van der Waals surface area contributed by atoms with Crippen LogP contribution in [0.2, 0.25) is 0 Å². The number of aryl methyl sites for hydroxylation is 1. The second-order valence-electron chi connectivity index (χ2n) is 3.13. The molecule has 0 atom stereocenters. The van der Waals surface area contributed by atoms with Crippen molar-refractivity contribution in [3.63, 3.8) is 0 Å². The van der Waals surface area contributed by atoms with Gasteiger partial charge in [0.15, 0.2) is 10.2 Å². The lowest BCUT2D eigenvalue weighted by Gasteiger charge is -2.02. The third-order valence-corrected chi connectivity index (χ3v) is 3.75. The Morgan fingerprint density at radius 2 is 2.28 bits per heavy atom. The Bertz CT molecular complexity index is 570. The van der Waals surface area contributed by atoms with E-state index < -0.39 is 0 Å². The maximum absolute atomic E-state index is 8.68. The van der Waals surface area contributed by atoms with Gasteiger partial charge >= 0.3 is 0 Å². The van der Waals surface area contributed by atoms with E-state index >= 15 is 0 Å². The van der Waals surface area contributed by atoms with E-state index in [-0.39, 0.29) is 5.84 Å². The lowest BCUT2D eigenvalue weighted by Crippen LogP contribution is -2.16. The molecule has 0 aliphatic rings. The maximum Gasteiger partial charge on any atom is 0.191 e. The van der Waals surface area contributed by atoms with Gasteiger partial charge in [0.1, 0.15) is 16.5 Å². The van der Waals surface area contributed by atoms with Crippen molar-refractivity contribution in [2.75, 3.05) is 0 Å². The van der Waals surface area contributed by atoms with Crippen molar-refractivity contribution < 1.29 is 5.21 Å². The Morgan fingerprint density at radius 1 is 1.50 bits per heavy atom. The van der Waals surface area contributed by atoms with Crippen LogP contribution in [0.1, 0.15) is 18.4 Å². The Labute approximate surface area is 111 Å². The van der Waals surface area contributed by atoms with E-state index in [1.54, 1.807) is 0 Å². The van der Waals surface area contributed by atoms with Crippen molar-refractivity contribution in [2.45, 2.75) is 22.7 Å². The van der Waals surface area contributed by atoms with Crippen LogP contribution in [-0.2, 0) is 6.42 Å². The predicted molar refractivity (Wildman–Crippen MR) is 68.0 cm³/mol. The van der Waals surface area contributed by atoms with Crippen molar-refractivity contribution in [2.24, 2.45) is 10.9 Å². The molecule has 2 aromatic heterocycles. The quantitative estimate of drug-likeness (QED) is 0.374. The molecule has 9 heteroatoms. The molecular weight excluding hydrogens is 272 g/mol. The van der Waals surface area contributed by atoms with Gasteiger partial charge in [-0.05, 0) is 23.3 Å². The van der Waals surface area contributed by atoms with Gasteiger partial charge in [0.25, 0.3) is 0 Å². The number of amidine groups is 1. The molecule has 18 heavy (non-hydrogen) atoms. The van der Waals surface area contributed by atoms with Gasteiger partial charge in [-0.15, -0.1) is 0 Å². The first-order chi connectivity index (χ1) is 8.74. The Morgan fingerprint density at radius 3 is 2.94 bits per heavy atom. The highest BCUT2D eigenvalue weighted by molar-refractivity contribution is 8.01. The van der Waals surface area contributed by atoms with Crippen molar-refractivity contribution in [1.82, 2.24) is 19.3 Å². The minimum Gasteiger partial charge on any atom is -0.409 e. The molecule has 2 aromatic rings. The van der Waals surface area contributed by atoms with E-state index in [1.165, 1.54) is 35.7 Å². The summed E-state index contributed by atoms with van der Waals surface area (Å²) in [5.74, 6) is 0.711. The molecule has 0 aromatic carbocycles. The average Bonchev–Trinajstić information content (AvgIpc) is 2.86. The molecule has 0 spiro atoms. The molecule has 3 N–H and O–H groups in total. The summed E-state index contributed by atoms with van der Waals surface area (Å²) in [6, 6.07) is 0. The lowest BCUT2D eigenvalue weighted by atomic mass is 10.4. The van der Waals surface area contributed by atoms with Gasteiger partial charge in [0, 0.05) is 18.8 Å². The van der Waals surface area contributed by atoms with Gasteiger partial charge in [-0.3, -0.25) is 0 Å². The molecule has 0 aliphatic carbocycles. The highest BCUT2D eigenvalue weighted by Gasteiger charge is 2.13. The smallest absolute Gasteiger partial charge is 0.191 e. The standard InChI is InChI=1S/C9H10N6OS2/c1-2-5-13-9(18-15-5)17-8-6(7(10)14-16)11-3-4-12-8/h3-4,16H,2H2,1H3,(H2,10,14). The zero-order valence-corrected chi connectivity index (χ0v) is 11.1. The van der Waals surface area contributed by atoms with E-state index in [4.69, 9.17) is 10.9 Å². The fourth-order valence-corrected chi connectivity index (χ4v) is 2.81. The van der Waals surface area contributed by atoms with Gasteiger partial charge < -0.3 is 10.9 Å². The molecule has 0 radical (unpaired) electrons. The molecule has 7 nitrogen and oxygen atoms in total. The van der Waals surface area contributed by atoms with Crippen molar-refractivity contribution in [3.05, 3.63) is 23.9 Å². The number of nitrogens with two attached hydrogens (primary N) is 1. The molecule has 0 unspecified atom stereocenters. The first kappa shape index (κ1) is 12.7. The zero-order chi connectivity index (χ0) is 13.0. The summed E-state index contributed by atoms with van der Waals surface area (Å²) < 4.78 is 4.93. The summed E-state index contributed by atoms with van der Waals surface area (Å²) in [5.41, 5.74) is 5.86. The number of aromatic nitrogens is 4. The Hall–Kier alpha value is -1.74. The fraction of sp³-hybridized carbons (Fsp3) is 0.222. The number of oxime groups is 1. The van der Waals surface area contributed by atoms with E-state index in [0.717, 1.165) is 16.6 Å². The highest BCUT2D eigenvalue weighted by atomic mass is 32.2.